The molecule has 0 radical (unpaired) electrons. The molecule has 4 rings (SSSR count). The molecule has 33 heavy (non-hydrogen) atoms. The fraction of sp³-hybridized carbons (Fsp3) is 0.217. The second-order valence-electron chi connectivity index (χ2n) is 7.53. The van der Waals surface area contributed by atoms with E-state index in [1.807, 2.05) is 0 Å². The molecule has 0 unspecified atom stereocenters. The van der Waals surface area contributed by atoms with Crippen molar-refractivity contribution in [2.24, 2.45) is 5.92 Å². The lowest BCUT2D eigenvalue weighted by Crippen LogP contribution is -2.24. The first-order valence-electron chi connectivity index (χ1n) is 10.2. The van der Waals surface area contributed by atoms with Crippen LogP contribution in [-0.4, -0.2) is 22.4 Å². The van der Waals surface area contributed by atoms with Crippen LogP contribution in [0.4, 0.5) is 10.1 Å². The van der Waals surface area contributed by atoms with Gasteiger partial charge in [0.05, 0.1) is 22.6 Å². The highest BCUT2D eigenvalue weighted by molar-refractivity contribution is 6.34. The van der Waals surface area contributed by atoms with Gasteiger partial charge in [0.2, 0.25) is 5.88 Å². The van der Waals surface area contributed by atoms with Gasteiger partial charge in [-0.1, -0.05) is 23.7 Å². The Balaban J connectivity index is 1.41. The van der Waals surface area contributed by atoms with Crippen LogP contribution < -0.4 is 14.8 Å². The first-order chi connectivity index (χ1) is 15.9. The number of amides is 1. The molecular formula is C23H19ClFN3O5. The average Bonchev–Trinajstić information content (AvgIpc) is 3.62. The van der Waals surface area contributed by atoms with Crippen molar-refractivity contribution in [3.8, 4) is 17.4 Å². The Hall–Kier alpha value is -3.72. The number of nitro groups is 1. The molecule has 1 aliphatic rings. The van der Waals surface area contributed by atoms with Gasteiger partial charge in [-0.15, -0.1) is 0 Å². The number of carbonyl (C=O) groups is 1. The third-order valence-electron chi connectivity index (χ3n) is 4.95. The first-order valence-corrected chi connectivity index (χ1v) is 10.5. The van der Waals surface area contributed by atoms with Crippen molar-refractivity contribution in [1.29, 1.82) is 0 Å². The molecule has 1 aliphatic carbocycles. The van der Waals surface area contributed by atoms with Crippen LogP contribution >= 0.6 is 11.6 Å². The van der Waals surface area contributed by atoms with Gasteiger partial charge in [-0.05, 0) is 48.6 Å². The van der Waals surface area contributed by atoms with Crippen LogP contribution in [0, 0.1) is 21.8 Å². The summed E-state index contributed by atoms with van der Waals surface area (Å²) in [6, 6.07) is 11.1. The maximum atomic E-state index is 14.5. The molecule has 1 fully saturated rings. The molecule has 0 saturated heterocycles. The van der Waals surface area contributed by atoms with E-state index in [0.717, 1.165) is 12.8 Å². The summed E-state index contributed by atoms with van der Waals surface area (Å²) in [4.78, 5) is 27.1. The molecule has 1 saturated carbocycles. The Labute approximate surface area is 193 Å². The van der Waals surface area contributed by atoms with Gasteiger partial charge < -0.3 is 14.8 Å². The molecule has 0 spiro atoms. The number of nitro benzene ring substituents is 1. The van der Waals surface area contributed by atoms with E-state index in [9.17, 15) is 19.3 Å². The van der Waals surface area contributed by atoms with Crippen molar-refractivity contribution in [2.75, 3.05) is 6.61 Å². The smallest absolute Gasteiger partial charge is 0.273 e. The number of pyridine rings is 1. The van der Waals surface area contributed by atoms with E-state index in [-0.39, 0.29) is 40.2 Å². The standard InChI is InChI=1S/C23H19ClFN3O5/c24-18-8-9-26-23(32-13-14-4-5-14)21(18)22(29)27-12-15-6-7-20(19(25)10-15)33-17-3-1-2-16(11-17)28(30)31/h1-3,6-11,14H,4-5,12-13H2,(H,27,29). The Bertz CT molecular complexity index is 1200. The number of nitrogens with one attached hydrogen (secondary N) is 1. The number of ether oxygens (including phenoxy) is 2. The van der Waals surface area contributed by atoms with Crippen LogP contribution in [0.5, 0.6) is 17.4 Å². The van der Waals surface area contributed by atoms with Gasteiger partial charge in [-0.2, -0.15) is 0 Å². The molecular weight excluding hydrogens is 453 g/mol. The molecule has 0 aliphatic heterocycles. The second-order valence-corrected chi connectivity index (χ2v) is 7.94. The van der Waals surface area contributed by atoms with E-state index in [1.165, 1.54) is 48.7 Å². The van der Waals surface area contributed by atoms with Crippen LogP contribution in [0.1, 0.15) is 28.8 Å². The summed E-state index contributed by atoms with van der Waals surface area (Å²) in [6.07, 6.45) is 3.65. The second kappa shape index (κ2) is 9.83. The number of hydrogen-bond donors (Lipinski definition) is 1. The molecule has 8 nitrogen and oxygen atoms in total. The number of non-ortho nitro benzene ring substituents is 1. The number of carbonyl (C=O) groups excluding carboxylic acids is 1. The number of nitrogens with zero attached hydrogens (tertiary/aromatic N) is 2. The first kappa shape index (κ1) is 22.5. The van der Waals surface area contributed by atoms with E-state index >= 15 is 0 Å². The van der Waals surface area contributed by atoms with Gasteiger partial charge in [-0.25, -0.2) is 9.37 Å². The summed E-state index contributed by atoms with van der Waals surface area (Å²) in [7, 11) is 0. The highest BCUT2D eigenvalue weighted by atomic mass is 35.5. The summed E-state index contributed by atoms with van der Waals surface area (Å²) in [5.41, 5.74) is 0.445. The van der Waals surface area contributed by atoms with Crippen molar-refractivity contribution >= 4 is 23.2 Å². The monoisotopic (exact) mass is 471 g/mol. The Kier molecular flexibility index (Phi) is 6.69. The van der Waals surface area contributed by atoms with Crippen LogP contribution in [-0.2, 0) is 6.54 Å². The molecule has 10 heteroatoms. The largest absolute Gasteiger partial charge is 0.477 e. The molecule has 3 aromatic rings. The molecule has 1 amide bonds. The van der Waals surface area contributed by atoms with Gasteiger partial charge in [0.1, 0.15) is 11.3 Å². The minimum atomic E-state index is -0.680. The lowest BCUT2D eigenvalue weighted by atomic mass is 10.2. The molecule has 170 valence electrons. The third-order valence-corrected chi connectivity index (χ3v) is 5.27. The molecule has 1 N–H and O–H groups in total. The third kappa shape index (κ3) is 5.75. The number of rotatable bonds is 9. The normalized spacial score (nSPS) is 12.8. The summed E-state index contributed by atoms with van der Waals surface area (Å²) in [5.74, 6) is -0.491. The summed E-state index contributed by atoms with van der Waals surface area (Å²) < 4.78 is 25.6. The molecule has 0 bridgehead atoms. The van der Waals surface area contributed by atoms with Crippen molar-refractivity contribution in [3.63, 3.8) is 0 Å². The summed E-state index contributed by atoms with van der Waals surface area (Å²) in [6.45, 7) is 0.505. The maximum Gasteiger partial charge on any atom is 0.273 e. The van der Waals surface area contributed by atoms with E-state index in [2.05, 4.69) is 10.3 Å². The van der Waals surface area contributed by atoms with E-state index < -0.39 is 16.6 Å². The maximum absolute atomic E-state index is 14.5. The van der Waals surface area contributed by atoms with E-state index in [0.29, 0.717) is 18.1 Å². The quantitative estimate of drug-likeness (QED) is 0.336. The van der Waals surface area contributed by atoms with Gasteiger partial charge in [0.25, 0.3) is 11.6 Å². The number of aromatic nitrogens is 1. The summed E-state index contributed by atoms with van der Waals surface area (Å²) >= 11 is 6.19. The van der Waals surface area contributed by atoms with Crippen LogP contribution in [0.15, 0.2) is 54.7 Å². The number of benzene rings is 2. The fourth-order valence-corrected chi connectivity index (χ4v) is 3.24. The van der Waals surface area contributed by atoms with E-state index in [4.69, 9.17) is 21.1 Å². The van der Waals surface area contributed by atoms with Crippen molar-refractivity contribution in [1.82, 2.24) is 10.3 Å². The highest BCUT2D eigenvalue weighted by Crippen LogP contribution is 2.31. The van der Waals surface area contributed by atoms with Crippen molar-refractivity contribution in [2.45, 2.75) is 19.4 Å². The zero-order valence-electron chi connectivity index (χ0n) is 17.3. The topological polar surface area (TPSA) is 104 Å². The van der Waals surface area contributed by atoms with Gasteiger partial charge >= 0.3 is 0 Å². The lowest BCUT2D eigenvalue weighted by molar-refractivity contribution is -0.384. The number of halogens is 2. The van der Waals surface area contributed by atoms with Gasteiger partial charge in [-0.3, -0.25) is 14.9 Å². The predicted octanol–water partition coefficient (Wildman–Crippen LogP) is 5.29. The van der Waals surface area contributed by atoms with Crippen molar-refractivity contribution < 1.29 is 23.6 Å². The van der Waals surface area contributed by atoms with Crippen LogP contribution in [0.3, 0.4) is 0 Å². The minimum absolute atomic E-state index is 0.0279. The molecule has 1 heterocycles. The molecule has 0 atom stereocenters. The predicted molar refractivity (Wildman–Crippen MR) is 118 cm³/mol. The fourth-order valence-electron chi connectivity index (χ4n) is 3.01. The average molecular weight is 472 g/mol. The van der Waals surface area contributed by atoms with Crippen LogP contribution in [0.2, 0.25) is 5.02 Å². The van der Waals surface area contributed by atoms with Crippen LogP contribution in [0.25, 0.3) is 0 Å². The number of hydrogen-bond acceptors (Lipinski definition) is 6. The Morgan fingerprint density at radius 3 is 2.79 bits per heavy atom. The highest BCUT2D eigenvalue weighted by Gasteiger charge is 2.24. The molecule has 1 aromatic heterocycles. The SMILES string of the molecule is O=C(NCc1ccc(Oc2cccc([N+](=O)[O-])c2)c(F)c1)c1c(Cl)ccnc1OCC1CC1. The zero-order chi connectivity index (χ0) is 23.4. The Morgan fingerprint density at radius 2 is 2.06 bits per heavy atom. The molecule has 2 aromatic carbocycles. The van der Waals surface area contributed by atoms with E-state index in [1.54, 1.807) is 6.07 Å². The lowest BCUT2D eigenvalue weighted by Gasteiger charge is -2.12. The van der Waals surface area contributed by atoms with Crippen molar-refractivity contribution in [3.05, 3.63) is 86.8 Å². The zero-order valence-corrected chi connectivity index (χ0v) is 18.0. The minimum Gasteiger partial charge on any atom is -0.477 e. The summed E-state index contributed by atoms with van der Waals surface area (Å²) in [5, 5.41) is 13.8. The Morgan fingerprint density at radius 1 is 1.24 bits per heavy atom. The van der Waals surface area contributed by atoms with Gasteiger partial charge in [0.15, 0.2) is 11.6 Å². The van der Waals surface area contributed by atoms with Gasteiger partial charge in [0, 0.05) is 18.8 Å².